The van der Waals surface area contributed by atoms with Crippen LogP contribution in [0.5, 0.6) is 0 Å². The molecule has 0 bridgehead atoms. The number of carboxylic acids is 1. The molecule has 1 aromatic heterocycles. The standard InChI is InChI=1S/C10H7ClN4O4S2/c11-7-5-6(2-4-9(16)17)1-3-8(7)21(18,19)13-10-12-14-15-20-10/h1-5H,(H,16,17)(H,12,13,15)/b4-2+. The second-order valence-electron chi connectivity index (χ2n) is 3.63. The molecule has 0 radical (unpaired) electrons. The summed E-state index contributed by atoms with van der Waals surface area (Å²) in [5.74, 6) is -1.12. The van der Waals surface area contributed by atoms with Crippen molar-refractivity contribution in [2.24, 2.45) is 0 Å². The first-order chi connectivity index (χ1) is 9.88. The lowest BCUT2D eigenvalue weighted by atomic mass is 10.2. The van der Waals surface area contributed by atoms with Crippen molar-refractivity contribution in [2.45, 2.75) is 4.90 Å². The second-order valence-corrected chi connectivity index (χ2v) is 6.43. The minimum Gasteiger partial charge on any atom is -0.478 e. The van der Waals surface area contributed by atoms with E-state index in [1.807, 2.05) is 0 Å². The molecule has 2 rings (SSSR count). The number of carboxylic acid groups (broad SMARTS) is 1. The molecule has 0 fully saturated rings. The minimum atomic E-state index is -3.92. The fourth-order valence-electron chi connectivity index (χ4n) is 1.35. The number of aliphatic carboxylic acids is 1. The van der Waals surface area contributed by atoms with E-state index in [0.717, 1.165) is 17.6 Å². The Balaban J connectivity index is 2.30. The van der Waals surface area contributed by atoms with Crippen LogP contribution in [0.4, 0.5) is 5.13 Å². The van der Waals surface area contributed by atoms with Crippen LogP contribution in [0.1, 0.15) is 5.56 Å². The summed E-state index contributed by atoms with van der Waals surface area (Å²) in [7, 11) is -3.92. The summed E-state index contributed by atoms with van der Waals surface area (Å²) < 4.78 is 29.8. The zero-order valence-electron chi connectivity index (χ0n) is 10.1. The molecule has 0 aliphatic rings. The summed E-state index contributed by atoms with van der Waals surface area (Å²) in [5.41, 5.74) is 0.457. The van der Waals surface area contributed by atoms with Gasteiger partial charge < -0.3 is 5.11 Å². The first-order valence-corrected chi connectivity index (χ1v) is 7.90. The average Bonchev–Trinajstić information content (AvgIpc) is 2.88. The highest BCUT2D eigenvalue weighted by Crippen LogP contribution is 2.25. The molecule has 0 aliphatic carbocycles. The van der Waals surface area contributed by atoms with E-state index >= 15 is 0 Å². The Kier molecular flexibility index (Phi) is 4.50. The lowest BCUT2D eigenvalue weighted by Gasteiger charge is -2.07. The van der Waals surface area contributed by atoms with E-state index in [2.05, 4.69) is 19.5 Å². The molecule has 0 saturated carbocycles. The fraction of sp³-hybridized carbons (Fsp3) is 0. The lowest BCUT2D eigenvalue weighted by Crippen LogP contribution is -2.13. The molecule has 2 N–H and O–H groups in total. The normalized spacial score (nSPS) is 11.7. The van der Waals surface area contributed by atoms with E-state index in [1.165, 1.54) is 24.3 Å². The van der Waals surface area contributed by atoms with E-state index in [9.17, 15) is 13.2 Å². The van der Waals surface area contributed by atoms with E-state index < -0.39 is 16.0 Å². The fourth-order valence-corrected chi connectivity index (χ4v) is 3.49. The van der Waals surface area contributed by atoms with Crippen LogP contribution in [0.25, 0.3) is 6.08 Å². The number of nitrogens with one attached hydrogen (secondary N) is 1. The number of benzene rings is 1. The first-order valence-electron chi connectivity index (χ1n) is 5.27. The maximum atomic E-state index is 12.1. The number of anilines is 1. The zero-order valence-corrected chi connectivity index (χ0v) is 12.5. The molecule has 21 heavy (non-hydrogen) atoms. The number of aromatic nitrogens is 3. The predicted molar refractivity (Wildman–Crippen MR) is 76.6 cm³/mol. The lowest BCUT2D eigenvalue weighted by molar-refractivity contribution is -0.131. The Hall–Kier alpha value is -2.04. The smallest absolute Gasteiger partial charge is 0.328 e. The summed E-state index contributed by atoms with van der Waals surface area (Å²) in [6.45, 7) is 0. The Bertz CT molecular complexity index is 789. The van der Waals surface area contributed by atoms with Crippen molar-refractivity contribution in [1.29, 1.82) is 0 Å². The summed E-state index contributed by atoms with van der Waals surface area (Å²) in [6.07, 6.45) is 2.22. The van der Waals surface area contributed by atoms with Gasteiger partial charge in [-0.1, -0.05) is 27.3 Å². The number of sulfonamides is 1. The van der Waals surface area contributed by atoms with Crippen molar-refractivity contribution >= 4 is 50.3 Å². The highest BCUT2D eigenvalue weighted by molar-refractivity contribution is 7.93. The van der Waals surface area contributed by atoms with Gasteiger partial charge >= 0.3 is 5.97 Å². The van der Waals surface area contributed by atoms with Gasteiger partial charge in [-0.25, -0.2) is 13.2 Å². The van der Waals surface area contributed by atoms with E-state index in [-0.39, 0.29) is 15.0 Å². The molecule has 110 valence electrons. The van der Waals surface area contributed by atoms with Gasteiger partial charge in [0, 0.05) is 17.6 Å². The van der Waals surface area contributed by atoms with Crippen LogP contribution >= 0.6 is 23.1 Å². The van der Waals surface area contributed by atoms with E-state index in [0.29, 0.717) is 5.56 Å². The predicted octanol–water partition coefficient (Wildman–Crippen LogP) is 1.49. The monoisotopic (exact) mass is 346 g/mol. The number of carbonyl (C=O) groups is 1. The van der Waals surface area contributed by atoms with Crippen molar-refractivity contribution in [3.8, 4) is 0 Å². The van der Waals surface area contributed by atoms with E-state index in [4.69, 9.17) is 16.7 Å². The summed E-state index contributed by atoms with van der Waals surface area (Å²) in [4.78, 5) is 10.3. The van der Waals surface area contributed by atoms with Gasteiger partial charge in [-0.3, -0.25) is 4.72 Å². The molecule has 0 aliphatic heterocycles. The van der Waals surface area contributed by atoms with Crippen molar-refractivity contribution in [1.82, 2.24) is 14.8 Å². The zero-order chi connectivity index (χ0) is 15.5. The van der Waals surface area contributed by atoms with Gasteiger partial charge in [0.25, 0.3) is 10.0 Å². The van der Waals surface area contributed by atoms with Crippen molar-refractivity contribution in [2.75, 3.05) is 4.72 Å². The van der Waals surface area contributed by atoms with Crippen LogP contribution in [-0.2, 0) is 14.8 Å². The maximum absolute atomic E-state index is 12.1. The topological polar surface area (TPSA) is 122 Å². The number of hydrogen-bond donors (Lipinski definition) is 2. The molecule has 8 nitrogen and oxygen atoms in total. The summed E-state index contributed by atoms with van der Waals surface area (Å²) >= 11 is 6.70. The van der Waals surface area contributed by atoms with Gasteiger partial charge in [-0.15, -0.1) is 0 Å². The van der Waals surface area contributed by atoms with Gasteiger partial charge in [0.2, 0.25) is 5.13 Å². The third kappa shape index (κ3) is 3.97. The van der Waals surface area contributed by atoms with Crippen LogP contribution in [0.3, 0.4) is 0 Å². The Morgan fingerprint density at radius 2 is 2.19 bits per heavy atom. The Morgan fingerprint density at radius 1 is 1.43 bits per heavy atom. The molecule has 0 amide bonds. The molecular formula is C10H7ClN4O4S2. The van der Waals surface area contributed by atoms with Crippen LogP contribution in [0.2, 0.25) is 5.02 Å². The highest BCUT2D eigenvalue weighted by atomic mass is 35.5. The molecule has 0 spiro atoms. The van der Waals surface area contributed by atoms with Gasteiger partial charge in [0.1, 0.15) is 4.90 Å². The Morgan fingerprint density at radius 3 is 2.76 bits per heavy atom. The van der Waals surface area contributed by atoms with Gasteiger partial charge in [-0.2, -0.15) is 0 Å². The third-order valence-electron chi connectivity index (χ3n) is 2.18. The number of hydrogen-bond acceptors (Lipinski definition) is 7. The quantitative estimate of drug-likeness (QED) is 0.786. The van der Waals surface area contributed by atoms with Crippen molar-refractivity contribution < 1.29 is 18.3 Å². The van der Waals surface area contributed by atoms with Gasteiger partial charge in [0.05, 0.1) is 5.02 Å². The van der Waals surface area contributed by atoms with Crippen LogP contribution in [0.15, 0.2) is 29.2 Å². The van der Waals surface area contributed by atoms with Crippen LogP contribution in [0, 0.1) is 0 Å². The van der Waals surface area contributed by atoms with Gasteiger partial charge in [-0.05, 0) is 29.0 Å². The molecule has 0 atom stereocenters. The maximum Gasteiger partial charge on any atom is 0.328 e. The van der Waals surface area contributed by atoms with Crippen molar-refractivity contribution in [3.05, 3.63) is 34.9 Å². The molecule has 1 aromatic carbocycles. The summed E-state index contributed by atoms with van der Waals surface area (Å²) in [6, 6.07) is 4.03. The molecule has 2 aromatic rings. The molecular weight excluding hydrogens is 340 g/mol. The first kappa shape index (κ1) is 15.4. The van der Waals surface area contributed by atoms with E-state index in [1.54, 1.807) is 0 Å². The van der Waals surface area contributed by atoms with Gasteiger partial charge in [0.15, 0.2) is 0 Å². The van der Waals surface area contributed by atoms with Crippen molar-refractivity contribution in [3.63, 3.8) is 0 Å². The number of rotatable bonds is 5. The third-order valence-corrected chi connectivity index (χ3v) is 4.65. The second kappa shape index (κ2) is 6.16. The Labute approximate surface area is 128 Å². The number of nitrogens with zero attached hydrogens (tertiary/aromatic N) is 3. The molecule has 0 unspecified atom stereocenters. The minimum absolute atomic E-state index is 0.0147. The average molecular weight is 347 g/mol. The number of halogens is 1. The largest absolute Gasteiger partial charge is 0.478 e. The molecule has 11 heteroatoms. The molecule has 1 heterocycles. The van der Waals surface area contributed by atoms with Crippen LogP contribution in [-0.4, -0.2) is 34.3 Å². The van der Waals surface area contributed by atoms with Crippen LogP contribution < -0.4 is 4.72 Å². The molecule has 0 saturated heterocycles. The SMILES string of the molecule is O=C(O)/C=C/c1ccc(S(=O)(=O)Nc2nnns2)c(Cl)c1. The summed E-state index contributed by atoms with van der Waals surface area (Å²) in [5, 5.41) is 15.2. The highest BCUT2D eigenvalue weighted by Gasteiger charge is 2.19.